The van der Waals surface area contributed by atoms with E-state index in [1.165, 1.54) is 0 Å². The lowest BCUT2D eigenvalue weighted by molar-refractivity contribution is -0.116. The topological polar surface area (TPSA) is 67.6 Å². The highest BCUT2D eigenvalue weighted by Gasteiger charge is 2.21. The van der Waals surface area contributed by atoms with Crippen molar-refractivity contribution in [3.8, 4) is 0 Å². The molecule has 5 heteroatoms. The summed E-state index contributed by atoms with van der Waals surface area (Å²) in [5.74, 6) is 0.0370. The second kappa shape index (κ2) is 7.43. The number of morpholine rings is 1. The summed E-state index contributed by atoms with van der Waals surface area (Å²) >= 11 is 0. The predicted octanol–water partition coefficient (Wildman–Crippen LogP) is 2.10. The molecule has 1 amide bonds. The molecule has 0 aliphatic carbocycles. The normalized spacial score (nSPS) is 23.0. The van der Waals surface area contributed by atoms with Crippen molar-refractivity contribution in [2.45, 2.75) is 38.9 Å². The Bertz CT molecular complexity index is 468. The van der Waals surface area contributed by atoms with Gasteiger partial charge in [-0.05, 0) is 45.0 Å². The summed E-state index contributed by atoms with van der Waals surface area (Å²) in [4.78, 5) is 14.3. The molecule has 1 aromatic rings. The Hall–Kier alpha value is -1.59. The molecule has 0 bridgehead atoms. The van der Waals surface area contributed by atoms with Crippen LogP contribution in [0.5, 0.6) is 0 Å². The third-order valence-electron chi connectivity index (χ3n) is 3.54. The summed E-state index contributed by atoms with van der Waals surface area (Å²) in [6, 6.07) is 7.25. The largest absolute Gasteiger partial charge is 0.399 e. The van der Waals surface area contributed by atoms with Gasteiger partial charge in [0.25, 0.3) is 0 Å². The second-order valence-electron chi connectivity index (χ2n) is 5.79. The molecule has 2 rings (SSSR count). The number of benzene rings is 1. The summed E-state index contributed by atoms with van der Waals surface area (Å²) in [5, 5.41) is 2.88. The van der Waals surface area contributed by atoms with E-state index >= 15 is 0 Å². The molecule has 116 valence electrons. The van der Waals surface area contributed by atoms with Gasteiger partial charge in [-0.3, -0.25) is 9.69 Å². The maximum absolute atomic E-state index is 11.9. The van der Waals surface area contributed by atoms with Gasteiger partial charge >= 0.3 is 0 Å². The van der Waals surface area contributed by atoms with Crippen LogP contribution < -0.4 is 11.1 Å². The Morgan fingerprint density at radius 2 is 2.10 bits per heavy atom. The number of rotatable bonds is 5. The van der Waals surface area contributed by atoms with E-state index in [-0.39, 0.29) is 18.1 Å². The maximum atomic E-state index is 11.9. The van der Waals surface area contributed by atoms with Crippen molar-refractivity contribution in [1.82, 2.24) is 4.90 Å². The minimum Gasteiger partial charge on any atom is -0.399 e. The van der Waals surface area contributed by atoms with Crippen LogP contribution in [-0.4, -0.2) is 42.6 Å². The van der Waals surface area contributed by atoms with Gasteiger partial charge in [-0.25, -0.2) is 0 Å². The van der Waals surface area contributed by atoms with Crippen LogP contribution >= 0.6 is 0 Å². The van der Waals surface area contributed by atoms with E-state index in [0.717, 1.165) is 31.7 Å². The van der Waals surface area contributed by atoms with Crippen LogP contribution in [0, 0.1) is 0 Å². The Morgan fingerprint density at radius 1 is 1.38 bits per heavy atom. The number of carbonyl (C=O) groups excluding carboxylic acids is 1. The number of carbonyl (C=O) groups is 1. The highest BCUT2D eigenvalue weighted by atomic mass is 16.5. The third-order valence-corrected chi connectivity index (χ3v) is 3.54. The standard InChI is InChI=1S/C16H25N3O2/c1-12-10-19(11-13(2)21-12)8-4-7-16(20)18-15-6-3-5-14(17)9-15/h3,5-6,9,12-13H,4,7-8,10-11,17H2,1-2H3,(H,18,20). The number of hydrogen-bond acceptors (Lipinski definition) is 4. The van der Waals surface area contributed by atoms with Crippen molar-refractivity contribution in [3.63, 3.8) is 0 Å². The first kappa shape index (κ1) is 15.8. The second-order valence-corrected chi connectivity index (χ2v) is 5.79. The highest BCUT2D eigenvalue weighted by Crippen LogP contribution is 2.13. The smallest absolute Gasteiger partial charge is 0.224 e. The van der Waals surface area contributed by atoms with Gasteiger partial charge in [0, 0.05) is 30.9 Å². The van der Waals surface area contributed by atoms with Crippen LogP contribution in [0.2, 0.25) is 0 Å². The van der Waals surface area contributed by atoms with Crippen molar-refractivity contribution in [3.05, 3.63) is 24.3 Å². The number of nitrogens with two attached hydrogens (primary N) is 1. The van der Waals surface area contributed by atoms with Crippen molar-refractivity contribution in [1.29, 1.82) is 0 Å². The molecule has 0 aromatic heterocycles. The zero-order valence-electron chi connectivity index (χ0n) is 12.8. The van der Waals surface area contributed by atoms with E-state index < -0.39 is 0 Å². The van der Waals surface area contributed by atoms with Crippen LogP contribution in [0.15, 0.2) is 24.3 Å². The summed E-state index contributed by atoms with van der Waals surface area (Å²) in [5.41, 5.74) is 7.10. The molecular formula is C16H25N3O2. The van der Waals surface area contributed by atoms with E-state index in [2.05, 4.69) is 24.1 Å². The van der Waals surface area contributed by atoms with E-state index in [0.29, 0.717) is 12.1 Å². The highest BCUT2D eigenvalue weighted by molar-refractivity contribution is 5.91. The number of nitrogens with zero attached hydrogens (tertiary/aromatic N) is 1. The third kappa shape index (κ3) is 5.36. The predicted molar refractivity (Wildman–Crippen MR) is 85.2 cm³/mol. The molecule has 1 aromatic carbocycles. The zero-order valence-corrected chi connectivity index (χ0v) is 12.8. The molecule has 0 spiro atoms. The van der Waals surface area contributed by atoms with E-state index in [4.69, 9.17) is 10.5 Å². The molecule has 0 radical (unpaired) electrons. The number of amides is 1. The van der Waals surface area contributed by atoms with Crippen LogP contribution in [0.3, 0.4) is 0 Å². The average Bonchev–Trinajstić information content (AvgIpc) is 2.37. The van der Waals surface area contributed by atoms with Crippen molar-refractivity contribution in [2.75, 3.05) is 30.7 Å². The first-order valence-electron chi connectivity index (χ1n) is 7.56. The Balaban J connectivity index is 1.69. The molecule has 2 atom stereocenters. The Morgan fingerprint density at radius 3 is 2.76 bits per heavy atom. The van der Waals surface area contributed by atoms with Gasteiger partial charge < -0.3 is 15.8 Å². The fraction of sp³-hybridized carbons (Fsp3) is 0.562. The molecule has 0 saturated carbocycles. The molecule has 2 unspecified atom stereocenters. The van der Waals surface area contributed by atoms with Gasteiger partial charge in [0.2, 0.25) is 5.91 Å². The van der Waals surface area contributed by atoms with E-state index in [1.54, 1.807) is 12.1 Å². The number of hydrogen-bond donors (Lipinski definition) is 2. The Kier molecular flexibility index (Phi) is 5.59. The van der Waals surface area contributed by atoms with Crippen LogP contribution in [-0.2, 0) is 9.53 Å². The maximum Gasteiger partial charge on any atom is 0.224 e. The minimum atomic E-state index is 0.0370. The molecule has 1 aliphatic rings. The number of nitrogens with one attached hydrogen (secondary N) is 1. The monoisotopic (exact) mass is 291 g/mol. The molecule has 1 fully saturated rings. The fourth-order valence-electron chi connectivity index (χ4n) is 2.77. The van der Waals surface area contributed by atoms with E-state index in [1.807, 2.05) is 12.1 Å². The number of anilines is 2. The van der Waals surface area contributed by atoms with Gasteiger partial charge in [-0.15, -0.1) is 0 Å². The summed E-state index contributed by atoms with van der Waals surface area (Å²) < 4.78 is 5.70. The molecule has 3 N–H and O–H groups in total. The quantitative estimate of drug-likeness (QED) is 0.815. The van der Waals surface area contributed by atoms with Gasteiger partial charge in [0.05, 0.1) is 12.2 Å². The van der Waals surface area contributed by atoms with Crippen LogP contribution in [0.25, 0.3) is 0 Å². The van der Waals surface area contributed by atoms with Gasteiger partial charge in [-0.2, -0.15) is 0 Å². The lowest BCUT2D eigenvalue weighted by Gasteiger charge is -2.35. The molecule has 1 aliphatic heterocycles. The molecule has 1 saturated heterocycles. The van der Waals surface area contributed by atoms with Crippen molar-refractivity contribution < 1.29 is 9.53 Å². The molecular weight excluding hydrogens is 266 g/mol. The molecule has 21 heavy (non-hydrogen) atoms. The van der Waals surface area contributed by atoms with Crippen LogP contribution in [0.4, 0.5) is 11.4 Å². The summed E-state index contributed by atoms with van der Waals surface area (Å²) in [6.45, 7) is 7.01. The lowest BCUT2D eigenvalue weighted by Crippen LogP contribution is -2.45. The fourth-order valence-corrected chi connectivity index (χ4v) is 2.77. The van der Waals surface area contributed by atoms with Crippen LogP contribution in [0.1, 0.15) is 26.7 Å². The SMILES string of the molecule is CC1CN(CCCC(=O)Nc2cccc(N)c2)CC(C)O1. The van der Waals surface area contributed by atoms with Crippen molar-refractivity contribution in [2.24, 2.45) is 0 Å². The first-order chi connectivity index (χ1) is 10.0. The summed E-state index contributed by atoms with van der Waals surface area (Å²) in [7, 11) is 0. The first-order valence-corrected chi connectivity index (χ1v) is 7.56. The zero-order chi connectivity index (χ0) is 15.2. The van der Waals surface area contributed by atoms with Gasteiger partial charge in [0.1, 0.15) is 0 Å². The number of ether oxygens (including phenoxy) is 1. The molecule has 1 heterocycles. The summed E-state index contributed by atoms with van der Waals surface area (Å²) in [6.07, 6.45) is 1.92. The van der Waals surface area contributed by atoms with E-state index in [9.17, 15) is 4.79 Å². The van der Waals surface area contributed by atoms with Gasteiger partial charge in [-0.1, -0.05) is 6.07 Å². The average molecular weight is 291 g/mol. The molecule has 5 nitrogen and oxygen atoms in total. The minimum absolute atomic E-state index is 0.0370. The Labute approximate surface area is 126 Å². The van der Waals surface area contributed by atoms with Gasteiger partial charge in [0.15, 0.2) is 0 Å². The lowest BCUT2D eigenvalue weighted by atomic mass is 10.2. The number of nitrogen functional groups attached to an aromatic ring is 1. The van der Waals surface area contributed by atoms with Crippen molar-refractivity contribution >= 4 is 17.3 Å².